The van der Waals surface area contributed by atoms with E-state index in [-0.39, 0.29) is 11.7 Å². The monoisotopic (exact) mass is 345 g/mol. The maximum absolute atomic E-state index is 12.1. The first-order valence-corrected chi connectivity index (χ1v) is 8.30. The van der Waals surface area contributed by atoms with Gasteiger partial charge in [0.15, 0.2) is 0 Å². The molecule has 3 rings (SSSR count). The van der Waals surface area contributed by atoms with Gasteiger partial charge >= 0.3 is 0 Å². The molecule has 1 aliphatic rings. The summed E-state index contributed by atoms with van der Waals surface area (Å²) in [6.45, 7) is 3.67. The molecular weight excluding hydrogens is 326 g/mol. The molecule has 1 heterocycles. The number of phenols is 1. The van der Waals surface area contributed by atoms with E-state index in [1.165, 1.54) is 0 Å². The van der Waals surface area contributed by atoms with Crippen molar-refractivity contribution in [1.29, 1.82) is 0 Å². The van der Waals surface area contributed by atoms with E-state index in [4.69, 9.17) is 11.6 Å². The van der Waals surface area contributed by atoms with Crippen LogP contribution in [0.1, 0.15) is 0 Å². The van der Waals surface area contributed by atoms with Crippen LogP contribution in [0.3, 0.4) is 0 Å². The molecule has 0 unspecified atom stereocenters. The molecule has 0 saturated carbocycles. The molecule has 2 N–H and O–H groups in total. The van der Waals surface area contributed by atoms with Crippen molar-refractivity contribution in [3.05, 3.63) is 53.6 Å². The van der Waals surface area contributed by atoms with Crippen LogP contribution in [0.25, 0.3) is 0 Å². The van der Waals surface area contributed by atoms with Crippen LogP contribution in [0.15, 0.2) is 48.5 Å². The zero-order valence-corrected chi connectivity index (χ0v) is 14.0. The summed E-state index contributed by atoms with van der Waals surface area (Å²) >= 11 is 6.24. The summed E-state index contributed by atoms with van der Waals surface area (Å²) in [5.74, 6) is 0.135. The van der Waals surface area contributed by atoms with E-state index in [0.717, 1.165) is 36.9 Å². The quantitative estimate of drug-likeness (QED) is 0.837. The van der Waals surface area contributed by atoms with Crippen molar-refractivity contribution in [2.24, 2.45) is 0 Å². The second kappa shape index (κ2) is 7.55. The summed E-state index contributed by atoms with van der Waals surface area (Å²) in [7, 11) is 0. The maximum atomic E-state index is 12.1. The molecular formula is C18H20ClN3O2. The van der Waals surface area contributed by atoms with Crippen molar-refractivity contribution in [1.82, 2.24) is 4.90 Å². The Morgan fingerprint density at radius 3 is 2.38 bits per heavy atom. The highest BCUT2D eigenvalue weighted by Crippen LogP contribution is 2.26. The van der Waals surface area contributed by atoms with Crippen molar-refractivity contribution in [2.45, 2.75) is 0 Å². The molecule has 1 saturated heterocycles. The summed E-state index contributed by atoms with van der Waals surface area (Å²) in [4.78, 5) is 16.5. The molecule has 0 bridgehead atoms. The predicted octanol–water partition coefficient (Wildman–Crippen LogP) is 2.81. The number of anilines is 2. The number of hydrogen-bond acceptors (Lipinski definition) is 4. The minimum absolute atomic E-state index is 0.0492. The fourth-order valence-electron chi connectivity index (χ4n) is 2.80. The van der Waals surface area contributed by atoms with Gasteiger partial charge in [0.05, 0.1) is 17.3 Å². The molecule has 0 atom stereocenters. The van der Waals surface area contributed by atoms with E-state index >= 15 is 0 Å². The molecule has 6 heteroatoms. The summed E-state index contributed by atoms with van der Waals surface area (Å²) < 4.78 is 0. The number of benzene rings is 2. The van der Waals surface area contributed by atoms with Crippen molar-refractivity contribution in [3.8, 4) is 5.75 Å². The van der Waals surface area contributed by atoms with Gasteiger partial charge in [0.2, 0.25) is 5.91 Å². The smallest absolute Gasteiger partial charge is 0.238 e. The lowest BCUT2D eigenvalue weighted by Crippen LogP contribution is -2.48. The van der Waals surface area contributed by atoms with E-state index in [0.29, 0.717) is 12.2 Å². The van der Waals surface area contributed by atoms with Crippen LogP contribution in [0.4, 0.5) is 11.4 Å². The van der Waals surface area contributed by atoms with Crippen LogP contribution < -0.4 is 10.2 Å². The number of hydrogen-bond donors (Lipinski definition) is 2. The molecule has 2 aromatic carbocycles. The van der Waals surface area contributed by atoms with Crippen LogP contribution in [0.5, 0.6) is 5.75 Å². The number of halogens is 1. The number of aromatic hydroxyl groups is 1. The largest absolute Gasteiger partial charge is 0.508 e. The highest BCUT2D eigenvalue weighted by molar-refractivity contribution is 6.33. The van der Waals surface area contributed by atoms with Gasteiger partial charge in [-0.1, -0.05) is 23.7 Å². The molecule has 0 radical (unpaired) electrons. The Bertz CT molecular complexity index is 698. The third-order valence-corrected chi connectivity index (χ3v) is 4.40. The van der Waals surface area contributed by atoms with Gasteiger partial charge in [0.25, 0.3) is 0 Å². The van der Waals surface area contributed by atoms with E-state index < -0.39 is 0 Å². The Morgan fingerprint density at radius 1 is 1.04 bits per heavy atom. The number of piperazine rings is 1. The average Bonchev–Trinajstić information content (AvgIpc) is 2.58. The van der Waals surface area contributed by atoms with Gasteiger partial charge in [-0.2, -0.15) is 0 Å². The standard InChI is InChI=1S/C18H20ClN3O2/c19-16-3-1-2-4-17(16)22-11-9-21(10-12-22)13-18(24)20-14-5-7-15(23)8-6-14/h1-8,23H,9-13H2,(H,20,24). The zero-order chi connectivity index (χ0) is 16.9. The number of carbonyl (C=O) groups excluding carboxylic acids is 1. The highest BCUT2D eigenvalue weighted by atomic mass is 35.5. The Balaban J connectivity index is 1.49. The van der Waals surface area contributed by atoms with Gasteiger partial charge in [0, 0.05) is 31.9 Å². The maximum Gasteiger partial charge on any atom is 0.238 e. The first kappa shape index (κ1) is 16.6. The Morgan fingerprint density at radius 2 is 1.71 bits per heavy atom. The van der Waals surface area contributed by atoms with Crippen LogP contribution in [-0.4, -0.2) is 48.6 Å². The van der Waals surface area contributed by atoms with Gasteiger partial charge in [-0.05, 0) is 36.4 Å². The van der Waals surface area contributed by atoms with Crippen LogP contribution in [0, 0.1) is 0 Å². The normalized spacial score (nSPS) is 15.3. The molecule has 0 aliphatic carbocycles. The summed E-state index contributed by atoms with van der Waals surface area (Å²) in [5, 5.41) is 12.9. The minimum atomic E-state index is -0.0492. The zero-order valence-electron chi connectivity index (χ0n) is 13.3. The minimum Gasteiger partial charge on any atom is -0.508 e. The number of phenolic OH excluding ortho intramolecular Hbond substituents is 1. The highest BCUT2D eigenvalue weighted by Gasteiger charge is 2.20. The Hall–Kier alpha value is -2.24. The molecule has 5 nitrogen and oxygen atoms in total. The molecule has 1 aliphatic heterocycles. The Labute approximate surface area is 146 Å². The van der Waals surface area contributed by atoms with Gasteiger partial charge in [-0.25, -0.2) is 0 Å². The lowest BCUT2D eigenvalue weighted by atomic mass is 10.2. The van der Waals surface area contributed by atoms with E-state index in [1.807, 2.05) is 24.3 Å². The number of para-hydroxylation sites is 1. The second-order valence-corrected chi connectivity index (χ2v) is 6.22. The fraction of sp³-hybridized carbons (Fsp3) is 0.278. The topological polar surface area (TPSA) is 55.8 Å². The molecule has 1 fully saturated rings. The first-order chi connectivity index (χ1) is 11.6. The molecule has 1 amide bonds. The third kappa shape index (κ3) is 4.19. The molecule has 0 aromatic heterocycles. The average molecular weight is 346 g/mol. The first-order valence-electron chi connectivity index (χ1n) is 7.92. The van der Waals surface area contributed by atoms with Crippen LogP contribution in [0.2, 0.25) is 5.02 Å². The fourth-order valence-corrected chi connectivity index (χ4v) is 3.06. The predicted molar refractivity (Wildman–Crippen MR) is 96.8 cm³/mol. The SMILES string of the molecule is O=C(CN1CCN(c2ccccc2Cl)CC1)Nc1ccc(O)cc1. The Kier molecular flexibility index (Phi) is 5.23. The number of amides is 1. The summed E-state index contributed by atoms with van der Waals surface area (Å²) in [6.07, 6.45) is 0. The van der Waals surface area contributed by atoms with E-state index in [9.17, 15) is 9.90 Å². The molecule has 2 aromatic rings. The van der Waals surface area contributed by atoms with E-state index in [2.05, 4.69) is 15.1 Å². The number of nitrogens with zero attached hydrogens (tertiary/aromatic N) is 2. The number of nitrogens with one attached hydrogen (secondary N) is 1. The number of carbonyl (C=O) groups is 1. The van der Waals surface area contributed by atoms with Crippen molar-refractivity contribution >= 4 is 28.9 Å². The van der Waals surface area contributed by atoms with Gasteiger partial charge in [-0.15, -0.1) is 0 Å². The summed E-state index contributed by atoms with van der Waals surface area (Å²) in [5.41, 5.74) is 1.74. The van der Waals surface area contributed by atoms with Gasteiger partial charge in [0.1, 0.15) is 5.75 Å². The van der Waals surface area contributed by atoms with Crippen molar-refractivity contribution in [3.63, 3.8) is 0 Å². The van der Waals surface area contributed by atoms with Crippen molar-refractivity contribution < 1.29 is 9.90 Å². The molecule has 126 valence electrons. The molecule has 24 heavy (non-hydrogen) atoms. The van der Waals surface area contributed by atoms with Gasteiger partial charge in [-0.3, -0.25) is 9.69 Å². The third-order valence-electron chi connectivity index (χ3n) is 4.08. The van der Waals surface area contributed by atoms with Crippen molar-refractivity contribution in [2.75, 3.05) is 42.9 Å². The van der Waals surface area contributed by atoms with Crippen LogP contribution in [-0.2, 0) is 4.79 Å². The number of rotatable bonds is 4. The van der Waals surface area contributed by atoms with E-state index in [1.54, 1.807) is 24.3 Å². The molecule has 0 spiro atoms. The van der Waals surface area contributed by atoms with Crippen LogP contribution >= 0.6 is 11.6 Å². The lowest BCUT2D eigenvalue weighted by molar-refractivity contribution is -0.117. The lowest BCUT2D eigenvalue weighted by Gasteiger charge is -2.36. The second-order valence-electron chi connectivity index (χ2n) is 5.81. The summed E-state index contributed by atoms with van der Waals surface area (Å²) in [6, 6.07) is 14.3. The van der Waals surface area contributed by atoms with Gasteiger partial charge < -0.3 is 15.3 Å².